The summed E-state index contributed by atoms with van der Waals surface area (Å²) in [4.78, 5) is 12.1. The Hall–Kier alpha value is -0.870. The van der Waals surface area contributed by atoms with Crippen LogP contribution in [-0.2, 0) is 5.33 Å². The van der Waals surface area contributed by atoms with E-state index in [0.29, 0.717) is 11.3 Å². The summed E-state index contributed by atoms with van der Waals surface area (Å²) >= 11 is 5.00. The summed E-state index contributed by atoms with van der Waals surface area (Å²) in [6, 6.07) is 5.79. The van der Waals surface area contributed by atoms with E-state index in [-0.39, 0.29) is 0 Å². The van der Waals surface area contributed by atoms with Gasteiger partial charge in [-0.1, -0.05) is 22.0 Å². The number of hydrogen-bond acceptors (Lipinski definition) is 3. The lowest BCUT2D eigenvalue weighted by Crippen LogP contribution is -1.91. The third-order valence-corrected chi connectivity index (χ3v) is 4.22. The van der Waals surface area contributed by atoms with Crippen LogP contribution in [0.3, 0.4) is 0 Å². The van der Waals surface area contributed by atoms with Gasteiger partial charge in [-0.25, -0.2) is 0 Å². The van der Waals surface area contributed by atoms with Gasteiger partial charge in [0, 0.05) is 20.6 Å². The molecule has 0 atom stereocenters. The smallest absolute Gasteiger partial charge is 0.153 e. The number of fused-ring (bicyclic) bond motifs is 1. The minimum Gasteiger partial charge on any atom is -0.398 e. The van der Waals surface area contributed by atoms with Crippen molar-refractivity contribution in [3.05, 3.63) is 28.6 Å². The maximum Gasteiger partial charge on any atom is 0.153 e. The van der Waals surface area contributed by atoms with Crippen molar-refractivity contribution in [2.24, 2.45) is 0 Å². The summed E-state index contributed by atoms with van der Waals surface area (Å²) in [6.07, 6.45) is 0.826. The van der Waals surface area contributed by atoms with Crippen LogP contribution in [0.4, 0.5) is 5.69 Å². The first kappa shape index (κ1) is 9.68. The van der Waals surface area contributed by atoms with Crippen LogP contribution in [0.1, 0.15) is 15.2 Å². The molecule has 0 unspecified atom stereocenters. The highest BCUT2D eigenvalue weighted by Crippen LogP contribution is 2.31. The number of anilines is 1. The third-order valence-electron chi connectivity index (χ3n) is 2.06. The summed E-state index contributed by atoms with van der Waals surface area (Å²) in [5.74, 6) is 0. The average Bonchev–Trinajstić information content (AvgIpc) is 2.60. The number of carbonyl (C=O) groups excluding carboxylic acids is 1. The summed E-state index contributed by atoms with van der Waals surface area (Å²) in [7, 11) is 0. The number of alkyl halides is 1. The highest BCUT2D eigenvalue weighted by atomic mass is 79.9. The molecular formula is C10H8BrNOS. The highest BCUT2D eigenvalue weighted by molar-refractivity contribution is 9.08. The van der Waals surface area contributed by atoms with E-state index < -0.39 is 0 Å². The van der Waals surface area contributed by atoms with Crippen LogP contribution >= 0.6 is 27.3 Å². The van der Waals surface area contributed by atoms with E-state index in [0.717, 1.165) is 21.7 Å². The molecule has 2 N–H and O–H groups in total. The molecular weight excluding hydrogens is 262 g/mol. The molecule has 1 aromatic heterocycles. The Morgan fingerprint density at radius 1 is 1.50 bits per heavy atom. The van der Waals surface area contributed by atoms with E-state index in [2.05, 4.69) is 22.0 Å². The summed E-state index contributed by atoms with van der Waals surface area (Å²) in [5.41, 5.74) is 6.87. The SMILES string of the molecule is Nc1ccc2cc(CBr)sc2c1C=O. The van der Waals surface area contributed by atoms with Gasteiger partial charge in [0.2, 0.25) is 0 Å². The number of aldehydes is 1. The van der Waals surface area contributed by atoms with Crippen LogP contribution in [-0.4, -0.2) is 6.29 Å². The Kier molecular flexibility index (Phi) is 2.56. The maximum absolute atomic E-state index is 10.9. The lowest BCUT2D eigenvalue weighted by atomic mass is 10.1. The molecule has 0 radical (unpaired) electrons. The summed E-state index contributed by atoms with van der Waals surface area (Å²) < 4.78 is 0.981. The van der Waals surface area contributed by atoms with Gasteiger partial charge in [-0.15, -0.1) is 11.3 Å². The van der Waals surface area contributed by atoms with Crippen LogP contribution in [0.25, 0.3) is 10.1 Å². The molecule has 2 rings (SSSR count). The van der Waals surface area contributed by atoms with Gasteiger partial charge in [0.1, 0.15) is 0 Å². The van der Waals surface area contributed by atoms with Gasteiger partial charge < -0.3 is 5.73 Å². The fraction of sp³-hybridized carbons (Fsp3) is 0.100. The van der Waals surface area contributed by atoms with Crippen molar-refractivity contribution in [2.75, 3.05) is 5.73 Å². The molecule has 0 aliphatic carbocycles. The van der Waals surface area contributed by atoms with Gasteiger partial charge in [0.05, 0.1) is 5.56 Å². The number of hydrogen-bond donors (Lipinski definition) is 1. The van der Waals surface area contributed by atoms with Crippen molar-refractivity contribution in [1.82, 2.24) is 0 Å². The molecule has 0 fully saturated rings. The molecule has 4 heteroatoms. The number of benzene rings is 1. The number of halogens is 1. The van der Waals surface area contributed by atoms with Gasteiger partial charge >= 0.3 is 0 Å². The molecule has 0 saturated carbocycles. The van der Waals surface area contributed by atoms with Gasteiger partial charge in [-0.05, 0) is 17.5 Å². The molecule has 0 amide bonds. The molecule has 0 bridgehead atoms. The van der Waals surface area contributed by atoms with E-state index in [9.17, 15) is 4.79 Å². The average molecular weight is 270 g/mol. The summed E-state index contributed by atoms with van der Waals surface area (Å²) in [6.45, 7) is 0. The fourth-order valence-electron chi connectivity index (χ4n) is 1.38. The fourth-order valence-corrected chi connectivity index (χ4v) is 2.91. The van der Waals surface area contributed by atoms with Crippen LogP contribution in [0, 0.1) is 0 Å². The zero-order valence-corrected chi connectivity index (χ0v) is 9.69. The lowest BCUT2D eigenvalue weighted by molar-refractivity contribution is 0.112. The Balaban J connectivity index is 2.79. The van der Waals surface area contributed by atoms with Gasteiger partial charge in [-0.2, -0.15) is 0 Å². The number of thiophene rings is 1. The number of nitrogen functional groups attached to an aromatic ring is 1. The summed E-state index contributed by atoms with van der Waals surface area (Å²) in [5, 5.41) is 1.89. The van der Waals surface area contributed by atoms with Crippen molar-refractivity contribution < 1.29 is 4.79 Å². The molecule has 2 nitrogen and oxygen atoms in total. The molecule has 0 aliphatic rings. The van der Waals surface area contributed by atoms with Gasteiger partial charge in [0.15, 0.2) is 6.29 Å². The second kappa shape index (κ2) is 3.71. The minimum atomic E-state index is 0.551. The van der Waals surface area contributed by atoms with E-state index >= 15 is 0 Å². The van der Waals surface area contributed by atoms with Gasteiger partial charge in [-0.3, -0.25) is 4.79 Å². The minimum absolute atomic E-state index is 0.551. The second-order valence-corrected chi connectivity index (χ2v) is 4.65. The number of rotatable bonds is 2. The molecule has 0 saturated heterocycles. The molecule has 2 aromatic rings. The monoisotopic (exact) mass is 269 g/mol. The normalized spacial score (nSPS) is 10.6. The van der Waals surface area contributed by atoms with Crippen molar-refractivity contribution >= 4 is 49.3 Å². The molecule has 72 valence electrons. The Morgan fingerprint density at radius 3 is 2.93 bits per heavy atom. The van der Waals surface area contributed by atoms with Gasteiger partial charge in [0.25, 0.3) is 0 Å². The lowest BCUT2D eigenvalue weighted by Gasteiger charge is -1.98. The first-order chi connectivity index (χ1) is 6.76. The van der Waals surface area contributed by atoms with E-state index in [1.165, 1.54) is 4.88 Å². The zero-order chi connectivity index (χ0) is 10.1. The van der Waals surface area contributed by atoms with Crippen molar-refractivity contribution in [1.29, 1.82) is 0 Å². The Bertz CT molecular complexity index is 492. The molecule has 0 aliphatic heterocycles. The quantitative estimate of drug-likeness (QED) is 0.517. The van der Waals surface area contributed by atoms with Crippen molar-refractivity contribution in [3.63, 3.8) is 0 Å². The standard InChI is InChI=1S/C10H8BrNOS/c11-4-7-3-6-1-2-9(12)8(5-13)10(6)14-7/h1-3,5H,4,12H2. The van der Waals surface area contributed by atoms with E-state index in [1.54, 1.807) is 17.4 Å². The number of nitrogens with two attached hydrogens (primary N) is 1. The van der Waals surface area contributed by atoms with E-state index in [1.807, 2.05) is 6.07 Å². The maximum atomic E-state index is 10.9. The Morgan fingerprint density at radius 2 is 2.29 bits per heavy atom. The molecule has 14 heavy (non-hydrogen) atoms. The molecule has 1 heterocycles. The van der Waals surface area contributed by atoms with Crippen LogP contribution in [0.5, 0.6) is 0 Å². The predicted octanol–water partition coefficient (Wildman–Crippen LogP) is 3.19. The molecule has 0 spiro atoms. The van der Waals surface area contributed by atoms with Crippen LogP contribution < -0.4 is 5.73 Å². The Labute approximate surface area is 93.9 Å². The second-order valence-electron chi connectivity index (χ2n) is 2.95. The van der Waals surface area contributed by atoms with Crippen LogP contribution in [0.15, 0.2) is 18.2 Å². The number of carbonyl (C=O) groups is 1. The van der Waals surface area contributed by atoms with Crippen molar-refractivity contribution in [3.8, 4) is 0 Å². The van der Waals surface area contributed by atoms with Crippen molar-refractivity contribution in [2.45, 2.75) is 5.33 Å². The van der Waals surface area contributed by atoms with Crippen LogP contribution in [0.2, 0.25) is 0 Å². The first-order valence-corrected chi connectivity index (χ1v) is 6.02. The first-order valence-electron chi connectivity index (χ1n) is 4.08. The molecule has 1 aromatic carbocycles. The van der Waals surface area contributed by atoms with E-state index in [4.69, 9.17) is 5.73 Å². The zero-order valence-electron chi connectivity index (χ0n) is 7.29. The largest absolute Gasteiger partial charge is 0.398 e. The topological polar surface area (TPSA) is 43.1 Å². The highest BCUT2D eigenvalue weighted by Gasteiger charge is 2.07. The predicted molar refractivity (Wildman–Crippen MR) is 64.3 cm³/mol. The third kappa shape index (κ3) is 1.44.